The Bertz CT molecular complexity index is 870. The molecule has 0 aliphatic rings. The summed E-state index contributed by atoms with van der Waals surface area (Å²) in [7, 11) is 0. The van der Waals surface area contributed by atoms with E-state index in [4.69, 9.17) is 10.5 Å². The first-order valence-corrected chi connectivity index (χ1v) is 6.54. The van der Waals surface area contributed by atoms with E-state index in [0.717, 1.165) is 19.3 Å². The van der Waals surface area contributed by atoms with Crippen LogP contribution in [0, 0.1) is 22.7 Å². The molecule has 3 rings (SSSR count). The molecule has 0 amide bonds. The van der Waals surface area contributed by atoms with E-state index in [1.165, 1.54) is 11.3 Å². The van der Waals surface area contributed by atoms with Gasteiger partial charge in [-0.1, -0.05) is 15.9 Å². The van der Waals surface area contributed by atoms with Gasteiger partial charge in [0.2, 0.25) is 5.82 Å². The summed E-state index contributed by atoms with van der Waals surface area (Å²) in [5, 5.41) is 18.9. The lowest BCUT2D eigenvalue weighted by Crippen LogP contribution is -1.92. The third-order valence-corrected chi connectivity index (χ3v) is 4.14. The van der Waals surface area contributed by atoms with Crippen LogP contribution < -0.4 is 0 Å². The van der Waals surface area contributed by atoms with Crippen molar-refractivity contribution >= 4 is 47.6 Å². The molecular formula is C12H3BrN4S. The fourth-order valence-corrected chi connectivity index (χ4v) is 3.16. The van der Waals surface area contributed by atoms with Crippen molar-refractivity contribution in [2.24, 2.45) is 0 Å². The molecule has 0 aliphatic heterocycles. The number of rotatable bonds is 0. The average Bonchev–Trinajstić information content (AvgIpc) is 2.75. The van der Waals surface area contributed by atoms with E-state index >= 15 is 0 Å². The van der Waals surface area contributed by atoms with Crippen molar-refractivity contribution in [1.82, 2.24) is 9.97 Å². The number of hydrogen-bond donors (Lipinski definition) is 0. The minimum Gasteiger partial charge on any atom is -0.217 e. The van der Waals surface area contributed by atoms with Gasteiger partial charge in [0.05, 0.1) is 10.2 Å². The van der Waals surface area contributed by atoms with Crippen LogP contribution in [0.25, 0.3) is 20.3 Å². The molecule has 0 bridgehead atoms. The first kappa shape index (κ1) is 11.1. The monoisotopic (exact) mass is 314 g/mol. The second kappa shape index (κ2) is 4.02. The first-order chi connectivity index (χ1) is 8.72. The van der Waals surface area contributed by atoms with Crippen LogP contribution in [0.1, 0.15) is 11.5 Å². The number of halogens is 1. The largest absolute Gasteiger partial charge is 0.234 e. The predicted molar refractivity (Wildman–Crippen MR) is 72.1 cm³/mol. The topological polar surface area (TPSA) is 73.4 Å². The second-order valence-electron chi connectivity index (χ2n) is 3.54. The molecular weight excluding hydrogens is 312 g/mol. The maximum absolute atomic E-state index is 9.08. The van der Waals surface area contributed by atoms with Crippen LogP contribution >= 0.6 is 27.3 Å². The Morgan fingerprint density at radius 1 is 1.17 bits per heavy atom. The lowest BCUT2D eigenvalue weighted by molar-refractivity contribution is 1.14. The quantitative estimate of drug-likeness (QED) is 0.637. The summed E-state index contributed by atoms with van der Waals surface area (Å²) < 4.78 is 2.68. The molecule has 2 aromatic heterocycles. The highest BCUT2D eigenvalue weighted by Crippen LogP contribution is 2.35. The molecule has 0 unspecified atom stereocenters. The Labute approximate surface area is 114 Å². The van der Waals surface area contributed by atoms with Gasteiger partial charge in [0.25, 0.3) is 0 Å². The predicted octanol–water partition coefficient (Wildman–Crippen LogP) is 3.35. The maximum Gasteiger partial charge on any atom is 0.234 e. The van der Waals surface area contributed by atoms with Crippen molar-refractivity contribution in [3.8, 4) is 12.1 Å². The summed E-state index contributed by atoms with van der Waals surface area (Å²) in [4.78, 5) is 8.12. The van der Waals surface area contributed by atoms with Gasteiger partial charge in [0.1, 0.15) is 12.1 Å². The van der Waals surface area contributed by atoms with Gasteiger partial charge in [-0.3, -0.25) is 0 Å². The van der Waals surface area contributed by atoms with Crippen LogP contribution in [0.15, 0.2) is 22.7 Å². The molecule has 0 saturated heterocycles. The maximum atomic E-state index is 9.08. The van der Waals surface area contributed by atoms with Crippen molar-refractivity contribution in [2.75, 3.05) is 0 Å². The SMILES string of the molecule is N#Cc1nc(C#N)c2sc3ccc(Br)cc3c2n1. The lowest BCUT2D eigenvalue weighted by atomic mass is 10.2. The Hall–Kier alpha value is -2.02. The molecule has 6 heteroatoms. The smallest absolute Gasteiger partial charge is 0.217 e. The zero-order chi connectivity index (χ0) is 12.7. The number of thiophene rings is 1. The highest BCUT2D eigenvalue weighted by Gasteiger charge is 2.13. The third kappa shape index (κ3) is 1.55. The van der Waals surface area contributed by atoms with Gasteiger partial charge in [-0.25, -0.2) is 9.97 Å². The lowest BCUT2D eigenvalue weighted by Gasteiger charge is -1.94. The Kier molecular flexibility index (Phi) is 2.48. The van der Waals surface area contributed by atoms with E-state index in [-0.39, 0.29) is 11.5 Å². The van der Waals surface area contributed by atoms with Gasteiger partial charge in [0, 0.05) is 14.6 Å². The number of nitrogens with zero attached hydrogens (tertiary/aromatic N) is 4. The summed E-state index contributed by atoms with van der Waals surface area (Å²) in [5.74, 6) is 0.0266. The van der Waals surface area contributed by atoms with Crippen molar-refractivity contribution in [3.63, 3.8) is 0 Å². The summed E-state index contributed by atoms with van der Waals surface area (Å²) in [6.45, 7) is 0. The van der Waals surface area contributed by atoms with Crippen molar-refractivity contribution in [2.45, 2.75) is 0 Å². The average molecular weight is 315 g/mol. The Balaban J connectivity index is 2.57. The van der Waals surface area contributed by atoms with E-state index in [1.54, 1.807) is 0 Å². The highest BCUT2D eigenvalue weighted by atomic mass is 79.9. The molecule has 3 aromatic rings. The molecule has 2 heterocycles. The molecule has 18 heavy (non-hydrogen) atoms. The van der Waals surface area contributed by atoms with E-state index in [9.17, 15) is 0 Å². The van der Waals surface area contributed by atoms with Crippen molar-refractivity contribution in [3.05, 3.63) is 34.2 Å². The van der Waals surface area contributed by atoms with E-state index in [0.29, 0.717) is 5.52 Å². The number of hydrogen-bond acceptors (Lipinski definition) is 5. The minimum atomic E-state index is 0.0266. The van der Waals surface area contributed by atoms with E-state index in [2.05, 4.69) is 25.9 Å². The number of fused-ring (bicyclic) bond motifs is 3. The number of aromatic nitrogens is 2. The summed E-state index contributed by atoms with van der Waals surface area (Å²) >= 11 is 4.87. The highest BCUT2D eigenvalue weighted by molar-refractivity contribution is 9.10. The van der Waals surface area contributed by atoms with Crippen molar-refractivity contribution in [1.29, 1.82) is 10.5 Å². The molecule has 0 fully saturated rings. The molecule has 1 aromatic carbocycles. The zero-order valence-corrected chi connectivity index (χ0v) is 11.2. The summed E-state index contributed by atoms with van der Waals surface area (Å²) in [6.07, 6.45) is 0. The van der Waals surface area contributed by atoms with Gasteiger partial charge in [0.15, 0.2) is 5.69 Å². The van der Waals surface area contributed by atoms with E-state index in [1.807, 2.05) is 30.3 Å². The number of nitriles is 2. The van der Waals surface area contributed by atoms with Gasteiger partial charge >= 0.3 is 0 Å². The van der Waals surface area contributed by atoms with Crippen LogP contribution in [0.4, 0.5) is 0 Å². The summed E-state index contributed by atoms with van der Waals surface area (Å²) in [6, 6.07) is 9.72. The zero-order valence-electron chi connectivity index (χ0n) is 8.81. The fourth-order valence-electron chi connectivity index (χ4n) is 1.74. The van der Waals surface area contributed by atoms with Crippen LogP contribution in [0.5, 0.6) is 0 Å². The molecule has 4 nitrogen and oxygen atoms in total. The van der Waals surface area contributed by atoms with Crippen LogP contribution in [0.2, 0.25) is 0 Å². The van der Waals surface area contributed by atoms with Gasteiger partial charge in [-0.15, -0.1) is 11.3 Å². The first-order valence-electron chi connectivity index (χ1n) is 4.93. The van der Waals surface area contributed by atoms with E-state index < -0.39 is 0 Å². The summed E-state index contributed by atoms with van der Waals surface area (Å²) in [5.41, 5.74) is 0.924. The molecule has 0 spiro atoms. The Morgan fingerprint density at radius 2 is 2.00 bits per heavy atom. The van der Waals surface area contributed by atoms with Gasteiger partial charge < -0.3 is 0 Å². The molecule has 0 radical (unpaired) electrons. The van der Waals surface area contributed by atoms with Gasteiger partial charge in [-0.05, 0) is 18.2 Å². The van der Waals surface area contributed by atoms with Crippen LogP contribution in [-0.4, -0.2) is 9.97 Å². The van der Waals surface area contributed by atoms with Crippen LogP contribution in [0.3, 0.4) is 0 Å². The molecule has 84 valence electrons. The Morgan fingerprint density at radius 3 is 2.72 bits per heavy atom. The molecule has 0 saturated carbocycles. The van der Waals surface area contributed by atoms with Crippen molar-refractivity contribution < 1.29 is 0 Å². The molecule has 0 aliphatic carbocycles. The van der Waals surface area contributed by atoms with Crippen LogP contribution in [-0.2, 0) is 0 Å². The van der Waals surface area contributed by atoms with Gasteiger partial charge in [-0.2, -0.15) is 10.5 Å². The third-order valence-electron chi connectivity index (χ3n) is 2.48. The number of benzene rings is 1. The molecule has 0 N–H and O–H groups in total. The fraction of sp³-hybridized carbons (Fsp3) is 0. The minimum absolute atomic E-state index is 0.0266. The standard InChI is InChI=1S/C12H3BrN4S/c13-6-1-2-9-7(3-6)11-12(18-9)8(4-14)16-10(5-15)17-11/h1-3H. The molecule has 0 atom stereocenters. The normalized spacial score (nSPS) is 10.4. The second-order valence-corrected chi connectivity index (χ2v) is 5.51.